The zero-order chi connectivity index (χ0) is 18.3. The number of fused-ring (bicyclic) bond motifs is 1. The quantitative estimate of drug-likeness (QED) is 0.829. The average molecular weight is 354 g/mol. The van der Waals surface area contributed by atoms with Gasteiger partial charge in [-0.25, -0.2) is 4.68 Å². The molecule has 3 atom stereocenters. The highest BCUT2D eigenvalue weighted by Crippen LogP contribution is 2.30. The number of piperidine rings is 1. The molecule has 4 heterocycles. The molecule has 1 aromatic rings. The summed E-state index contributed by atoms with van der Waals surface area (Å²) in [4.78, 5) is 9.20. The van der Waals surface area contributed by atoms with E-state index in [1.54, 1.807) is 0 Å². The van der Waals surface area contributed by atoms with E-state index in [1.807, 2.05) is 22.7 Å². The maximum Gasteiger partial charge on any atom is 0.128 e. The molecule has 3 aliphatic rings. The molecule has 3 aliphatic heterocycles. The van der Waals surface area contributed by atoms with E-state index < -0.39 is 6.10 Å². The number of aromatic nitrogens is 2. The molecule has 2 saturated heterocycles. The molecule has 2 fully saturated rings. The molecule has 0 spiro atoms. The molecule has 7 nitrogen and oxygen atoms in total. The molecule has 1 aromatic heterocycles. The van der Waals surface area contributed by atoms with Gasteiger partial charge in [0.05, 0.1) is 42.1 Å². The molecule has 3 unspecified atom stereocenters. The van der Waals surface area contributed by atoms with Gasteiger partial charge in [0.1, 0.15) is 5.84 Å². The summed E-state index contributed by atoms with van der Waals surface area (Å²) in [5.41, 5.74) is 3.23. The Kier molecular flexibility index (Phi) is 4.55. The number of nitrogens with zero attached hydrogens (tertiary/aromatic N) is 6. The second-order valence-electron chi connectivity index (χ2n) is 7.66. The number of hydrogen-bond acceptors (Lipinski definition) is 6. The molecular formula is C19H26N6O. The summed E-state index contributed by atoms with van der Waals surface area (Å²) in [6.45, 7) is 4.71. The Morgan fingerprint density at radius 3 is 2.88 bits per heavy atom. The van der Waals surface area contributed by atoms with Gasteiger partial charge < -0.3 is 10.0 Å². The predicted octanol–water partition coefficient (Wildman–Crippen LogP) is 1.63. The molecule has 26 heavy (non-hydrogen) atoms. The van der Waals surface area contributed by atoms with E-state index in [1.165, 1.54) is 12.8 Å². The molecule has 7 heteroatoms. The second-order valence-corrected chi connectivity index (χ2v) is 7.66. The summed E-state index contributed by atoms with van der Waals surface area (Å²) >= 11 is 0. The fraction of sp³-hybridized carbons (Fsp3) is 0.632. The van der Waals surface area contributed by atoms with Gasteiger partial charge in [-0.05, 0) is 39.4 Å². The molecule has 1 N–H and O–H groups in total. The first-order chi connectivity index (χ1) is 12.6. The first-order valence-electron chi connectivity index (χ1n) is 9.41. The monoisotopic (exact) mass is 354 g/mol. The van der Waals surface area contributed by atoms with Crippen LogP contribution in [-0.4, -0.2) is 63.3 Å². The van der Waals surface area contributed by atoms with Crippen LogP contribution in [-0.2, 0) is 6.54 Å². The van der Waals surface area contributed by atoms with E-state index in [0.717, 1.165) is 35.8 Å². The van der Waals surface area contributed by atoms with Crippen LogP contribution in [0.4, 0.5) is 0 Å². The van der Waals surface area contributed by atoms with Gasteiger partial charge in [-0.1, -0.05) is 6.42 Å². The largest absolute Gasteiger partial charge is 0.390 e. The van der Waals surface area contributed by atoms with Crippen LogP contribution in [0.15, 0.2) is 16.6 Å². The van der Waals surface area contributed by atoms with Crippen molar-refractivity contribution in [3.05, 3.63) is 23.0 Å². The number of aliphatic hydroxyl groups excluding tert-OH is 1. The Hall–Kier alpha value is -2.17. The van der Waals surface area contributed by atoms with E-state index in [2.05, 4.69) is 24.1 Å². The minimum absolute atomic E-state index is 0.348. The standard InChI is InChI=1S/C19H26N6O/c1-13-10-25-15(7-16(22-25)17-5-3-4-6-23(17)2)9-21-19(13)24-11-14(8-20)18(26)12-24/h7,10,14,17-18,26H,3-6,9,11-12H2,1-2H3. The zero-order valence-corrected chi connectivity index (χ0v) is 15.5. The highest BCUT2D eigenvalue weighted by molar-refractivity contribution is 6.00. The molecule has 0 aliphatic carbocycles. The van der Waals surface area contributed by atoms with Gasteiger partial charge in [0.25, 0.3) is 0 Å². The minimum Gasteiger partial charge on any atom is -0.390 e. The van der Waals surface area contributed by atoms with Crippen molar-refractivity contribution in [2.75, 3.05) is 26.7 Å². The van der Waals surface area contributed by atoms with Crippen molar-refractivity contribution < 1.29 is 5.11 Å². The normalized spacial score (nSPS) is 29.6. The number of aliphatic imine (C=N–C) groups is 1. The van der Waals surface area contributed by atoms with Gasteiger partial charge in [0.2, 0.25) is 0 Å². The molecular weight excluding hydrogens is 328 g/mol. The van der Waals surface area contributed by atoms with E-state index in [9.17, 15) is 5.11 Å². The van der Waals surface area contributed by atoms with Crippen molar-refractivity contribution in [2.45, 2.75) is 44.9 Å². The Morgan fingerprint density at radius 1 is 1.31 bits per heavy atom. The van der Waals surface area contributed by atoms with Gasteiger partial charge in [0, 0.05) is 24.9 Å². The first kappa shape index (κ1) is 17.3. The topological polar surface area (TPSA) is 80.7 Å². The van der Waals surface area contributed by atoms with Gasteiger partial charge in [-0.3, -0.25) is 9.89 Å². The molecule has 0 amide bonds. The van der Waals surface area contributed by atoms with Gasteiger partial charge in [0.15, 0.2) is 0 Å². The Morgan fingerprint density at radius 2 is 2.15 bits per heavy atom. The maximum absolute atomic E-state index is 10.0. The van der Waals surface area contributed by atoms with Crippen LogP contribution in [0.2, 0.25) is 0 Å². The highest BCUT2D eigenvalue weighted by Gasteiger charge is 2.34. The van der Waals surface area contributed by atoms with Gasteiger partial charge >= 0.3 is 0 Å². The molecule has 4 rings (SSSR count). The summed E-state index contributed by atoms with van der Waals surface area (Å²) < 4.78 is 1.96. The fourth-order valence-corrected chi connectivity index (χ4v) is 4.25. The minimum atomic E-state index is -0.607. The number of β-amino-alcohol motifs (C(OH)–C–C–N with tert-alkyl or cyclic N) is 1. The van der Waals surface area contributed by atoms with Crippen LogP contribution in [0, 0.1) is 17.2 Å². The van der Waals surface area contributed by atoms with Crippen LogP contribution in [0.25, 0.3) is 6.20 Å². The van der Waals surface area contributed by atoms with Crippen LogP contribution >= 0.6 is 0 Å². The number of nitriles is 1. The van der Waals surface area contributed by atoms with Crippen molar-refractivity contribution >= 4 is 12.0 Å². The first-order valence-corrected chi connectivity index (χ1v) is 9.41. The highest BCUT2D eigenvalue weighted by atomic mass is 16.3. The summed E-state index contributed by atoms with van der Waals surface area (Å²) in [7, 11) is 2.18. The fourth-order valence-electron chi connectivity index (χ4n) is 4.25. The number of aliphatic hydroxyl groups is 1. The van der Waals surface area contributed by atoms with Crippen LogP contribution < -0.4 is 0 Å². The molecule has 0 bridgehead atoms. The lowest BCUT2D eigenvalue weighted by Gasteiger charge is -2.31. The van der Waals surface area contributed by atoms with E-state index in [-0.39, 0.29) is 5.92 Å². The SMILES string of the molecule is CC1=Cn2nc(C3CCCCN3C)cc2CN=C1N1CC(O)C(C#N)C1. The van der Waals surface area contributed by atoms with Crippen molar-refractivity contribution in [3.8, 4) is 6.07 Å². The smallest absolute Gasteiger partial charge is 0.128 e. The predicted molar refractivity (Wildman–Crippen MR) is 99.2 cm³/mol. The number of likely N-dealkylation sites (tertiary alicyclic amines) is 2. The van der Waals surface area contributed by atoms with E-state index in [4.69, 9.17) is 15.4 Å². The lowest BCUT2D eigenvalue weighted by molar-refractivity contribution is 0.165. The van der Waals surface area contributed by atoms with Gasteiger partial charge in [-0.15, -0.1) is 0 Å². The van der Waals surface area contributed by atoms with Crippen molar-refractivity contribution in [2.24, 2.45) is 10.9 Å². The third-order valence-corrected chi connectivity index (χ3v) is 5.76. The summed E-state index contributed by atoms with van der Waals surface area (Å²) in [6, 6.07) is 4.76. The lowest BCUT2D eigenvalue weighted by Crippen LogP contribution is -2.30. The van der Waals surface area contributed by atoms with Crippen LogP contribution in [0.5, 0.6) is 0 Å². The lowest BCUT2D eigenvalue weighted by atomic mass is 10.00. The van der Waals surface area contributed by atoms with Crippen molar-refractivity contribution in [1.29, 1.82) is 5.26 Å². The Labute approximate surface area is 154 Å². The third-order valence-electron chi connectivity index (χ3n) is 5.76. The zero-order valence-electron chi connectivity index (χ0n) is 15.5. The van der Waals surface area contributed by atoms with Crippen LogP contribution in [0.1, 0.15) is 43.6 Å². The summed E-state index contributed by atoms with van der Waals surface area (Å²) in [5.74, 6) is 0.517. The van der Waals surface area contributed by atoms with Crippen LogP contribution in [0.3, 0.4) is 0 Å². The molecule has 0 aromatic carbocycles. The Balaban J connectivity index is 1.56. The van der Waals surface area contributed by atoms with E-state index in [0.29, 0.717) is 25.7 Å². The molecule has 0 saturated carbocycles. The average Bonchev–Trinajstić information content (AvgIpc) is 3.15. The Bertz CT molecular complexity index is 788. The second kappa shape index (κ2) is 6.86. The third kappa shape index (κ3) is 3.04. The number of amidine groups is 1. The molecule has 0 radical (unpaired) electrons. The van der Waals surface area contributed by atoms with Crippen molar-refractivity contribution in [1.82, 2.24) is 19.6 Å². The van der Waals surface area contributed by atoms with Gasteiger partial charge in [-0.2, -0.15) is 10.4 Å². The van der Waals surface area contributed by atoms with Crippen molar-refractivity contribution in [3.63, 3.8) is 0 Å². The number of hydrogen-bond donors (Lipinski definition) is 1. The maximum atomic E-state index is 10.0. The molecule has 138 valence electrons. The van der Waals surface area contributed by atoms with E-state index >= 15 is 0 Å². The number of rotatable bonds is 1. The summed E-state index contributed by atoms with van der Waals surface area (Å²) in [5, 5.41) is 24.0. The summed E-state index contributed by atoms with van der Waals surface area (Å²) in [6.07, 6.45) is 5.10.